The Morgan fingerprint density at radius 2 is 2.06 bits per heavy atom. The second kappa shape index (κ2) is 6.67. The Morgan fingerprint density at radius 3 is 2.50 bits per heavy atom. The molecule has 1 aliphatic heterocycles. The van der Waals surface area contributed by atoms with Gasteiger partial charge in [0.05, 0.1) is 6.54 Å². The summed E-state index contributed by atoms with van der Waals surface area (Å²) in [6.45, 7) is 2.35. The maximum absolute atomic E-state index is 11.4. The number of β-amino-alcohol motifs (C(OH)–C–C–N with tert-alkyl or cyclic N) is 1. The molecule has 0 aromatic rings. The molecule has 1 heterocycles. The third-order valence-corrected chi connectivity index (χ3v) is 5.27. The van der Waals surface area contributed by atoms with Gasteiger partial charge in [-0.3, -0.25) is 0 Å². The van der Waals surface area contributed by atoms with Crippen molar-refractivity contribution in [3.05, 3.63) is 0 Å². The van der Waals surface area contributed by atoms with Crippen molar-refractivity contribution >= 4 is 20.1 Å². The van der Waals surface area contributed by atoms with Crippen LogP contribution < -0.4 is 24.2 Å². The van der Waals surface area contributed by atoms with E-state index >= 15 is 0 Å². The van der Waals surface area contributed by atoms with E-state index in [1.165, 1.54) is 0 Å². The molecule has 0 radical (unpaired) electrons. The molecule has 8 nitrogen and oxygen atoms in total. The molecule has 0 aromatic carbocycles. The van der Waals surface area contributed by atoms with Crippen LogP contribution in [-0.4, -0.2) is 61.2 Å². The van der Waals surface area contributed by atoms with Crippen LogP contribution in [0.15, 0.2) is 0 Å². The van der Waals surface area contributed by atoms with E-state index in [1.54, 1.807) is 0 Å². The molecule has 0 saturated carbocycles. The summed E-state index contributed by atoms with van der Waals surface area (Å²) in [4.78, 5) is 0. The van der Waals surface area contributed by atoms with Gasteiger partial charge in [0.15, 0.2) is 5.44 Å². The summed E-state index contributed by atoms with van der Waals surface area (Å²) in [6, 6.07) is 0. The smallest absolute Gasteiger partial charge is 0.746 e. The number of hydrogen-bond donors (Lipinski definition) is 2. The van der Waals surface area contributed by atoms with E-state index in [9.17, 15) is 21.4 Å². The summed E-state index contributed by atoms with van der Waals surface area (Å²) in [5.41, 5.74) is -2.21. The SMILES string of the molecule is CCNCCC1N(CC(O)S(=O)(=O)[O-])S1(=O)=O.[Li+]. The predicted octanol–water partition coefficient (Wildman–Crippen LogP) is -5.17. The molecule has 18 heavy (non-hydrogen) atoms. The van der Waals surface area contributed by atoms with Gasteiger partial charge in [0.25, 0.3) is 0 Å². The van der Waals surface area contributed by atoms with Crippen molar-refractivity contribution in [3.63, 3.8) is 0 Å². The topological polar surface area (TPSA) is 127 Å². The molecular weight excluding hydrogens is 279 g/mol. The van der Waals surface area contributed by atoms with E-state index in [1.807, 2.05) is 6.92 Å². The number of rotatable bonds is 7. The molecule has 3 unspecified atom stereocenters. The van der Waals surface area contributed by atoms with Gasteiger partial charge in [0.1, 0.15) is 15.5 Å². The third-order valence-electron chi connectivity index (χ3n) is 2.43. The second-order valence-corrected chi connectivity index (χ2v) is 7.23. The molecule has 3 atom stereocenters. The van der Waals surface area contributed by atoms with Crippen LogP contribution in [-0.2, 0) is 20.1 Å². The monoisotopic (exact) mass is 294 g/mol. The fourth-order valence-electron chi connectivity index (χ4n) is 1.45. The zero-order chi connectivity index (χ0) is 13.3. The Kier molecular flexibility index (Phi) is 6.80. The van der Waals surface area contributed by atoms with Crippen LogP contribution in [0.25, 0.3) is 0 Å². The summed E-state index contributed by atoms with van der Waals surface area (Å²) in [5.74, 6) is 0. The summed E-state index contributed by atoms with van der Waals surface area (Å²) in [5, 5.41) is 11.1. The van der Waals surface area contributed by atoms with Crippen molar-refractivity contribution < 1.29 is 45.4 Å². The average Bonchev–Trinajstić information content (AvgIpc) is 2.68. The van der Waals surface area contributed by atoms with Crippen LogP contribution in [0.3, 0.4) is 0 Å². The standard InChI is InChI=1S/C7H16N2O6S2.Li/c1-2-8-4-3-6-9(16(6,11)12)5-7(10)17(13,14)15;/h6-8,10H,2-5H2,1H3,(H,13,14,15);/q;+1/p-1. The Labute approximate surface area is 119 Å². The van der Waals surface area contributed by atoms with Gasteiger partial charge < -0.3 is 15.0 Å². The molecule has 2 N–H and O–H groups in total. The minimum absolute atomic E-state index is 0. The average molecular weight is 294 g/mol. The largest absolute Gasteiger partial charge is 1.00 e. The van der Waals surface area contributed by atoms with Crippen LogP contribution in [0, 0.1) is 0 Å². The maximum atomic E-state index is 11.4. The molecular formula is C7H15LiN2O6S2. The van der Waals surface area contributed by atoms with Gasteiger partial charge in [-0.05, 0) is 19.5 Å². The van der Waals surface area contributed by atoms with Crippen LogP contribution in [0.2, 0.25) is 0 Å². The molecule has 11 heteroatoms. The number of aliphatic hydroxyl groups is 1. The van der Waals surface area contributed by atoms with Crippen molar-refractivity contribution in [2.75, 3.05) is 19.6 Å². The van der Waals surface area contributed by atoms with E-state index in [0.717, 1.165) is 4.31 Å². The minimum atomic E-state index is -4.87. The number of hydrogen-bond acceptors (Lipinski definition) is 7. The van der Waals surface area contributed by atoms with E-state index < -0.39 is 37.5 Å². The fraction of sp³-hybridized carbons (Fsp3) is 1.00. The summed E-state index contributed by atoms with van der Waals surface area (Å²) < 4.78 is 54.8. The molecule has 0 bridgehead atoms. The maximum Gasteiger partial charge on any atom is 1.00 e. The predicted molar refractivity (Wildman–Crippen MR) is 58.3 cm³/mol. The Hall–Kier alpha value is 0.337. The molecule has 0 aliphatic carbocycles. The normalized spacial score (nSPS) is 27.3. The first-order valence-electron chi connectivity index (χ1n) is 5.05. The van der Waals surface area contributed by atoms with E-state index in [-0.39, 0.29) is 18.9 Å². The fourth-order valence-corrected chi connectivity index (χ4v) is 3.62. The van der Waals surface area contributed by atoms with E-state index in [4.69, 9.17) is 5.11 Å². The number of nitrogens with zero attached hydrogens (tertiary/aromatic N) is 1. The Bertz CT molecular complexity index is 464. The van der Waals surface area contributed by atoms with Gasteiger partial charge in [0.2, 0.25) is 10.0 Å². The van der Waals surface area contributed by atoms with Crippen molar-refractivity contribution in [3.8, 4) is 0 Å². The summed E-state index contributed by atoms with van der Waals surface area (Å²) in [6.07, 6.45) is 0.293. The molecule has 1 fully saturated rings. The molecule has 102 valence electrons. The first-order chi connectivity index (χ1) is 7.71. The second-order valence-electron chi connectivity index (χ2n) is 3.66. The van der Waals surface area contributed by atoms with Gasteiger partial charge in [-0.25, -0.2) is 16.8 Å². The molecule has 1 rings (SSSR count). The number of nitrogens with one attached hydrogen (secondary N) is 1. The van der Waals surface area contributed by atoms with Crippen LogP contribution in [0.1, 0.15) is 13.3 Å². The zero-order valence-corrected chi connectivity index (χ0v) is 11.9. The van der Waals surface area contributed by atoms with Gasteiger partial charge in [-0.15, -0.1) is 0 Å². The molecule has 0 spiro atoms. The van der Waals surface area contributed by atoms with Crippen molar-refractivity contribution in [1.29, 1.82) is 0 Å². The first-order valence-corrected chi connectivity index (χ1v) is 8.03. The molecule has 0 amide bonds. The van der Waals surface area contributed by atoms with Gasteiger partial charge >= 0.3 is 18.9 Å². The van der Waals surface area contributed by atoms with E-state index in [2.05, 4.69) is 5.32 Å². The van der Waals surface area contributed by atoms with Crippen molar-refractivity contribution in [1.82, 2.24) is 9.62 Å². The summed E-state index contributed by atoms with van der Waals surface area (Å²) >= 11 is 0. The number of aliphatic hydroxyl groups excluding tert-OH is 1. The van der Waals surface area contributed by atoms with Crippen LogP contribution in [0.4, 0.5) is 0 Å². The van der Waals surface area contributed by atoms with Gasteiger partial charge in [-0.2, -0.15) is 4.31 Å². The van der Waals surface area contributed by atoms with Gasteiger partial charge in [-0.1, -0.05) is 6.92 Å². The van der Waals surface area contributed by atoms with Crippen molar-refractivity contribution in [2.24, 2.45) is 0 Å². The Balaban J connectivity index is 0.00000289. The van der Waals surface area contributed by atoms with Crippen LogP contribution in [0.5, 0.6) is 0 Å². The molecule has 1 aliphatic rings. The van der Waals surface area contributed by atoms with E-state index in [0.29, 0.717) is 19.5 Å². The quantitative estimate of drug-likeness (QED) is 0.208. The first kappa shape index (κ1) is 18.3. The molecule has 0 aromatic heterocycles. The zero-order valence-electron chi connectivity index (χ0n) is 10.2. The Morgan fingerprint density at radius 1 is 1.50 bits per heavy atom. The molecule has 1 saturated heterocycles. The number of sulfonamides is 1. The van der Waals surface area contributed by atoms with Gasteiger partial charge in [0, 0.05) is 0 Å². The van der Waals surface area contributed by atoms with Crippen LogP contribution >= 0.6 is 0 Å². The van der Waals surface area contributed by atoms with Crippen molar-refractivity contribution in [2.45, 2.75) is 24.2 Å². The summed E-state index contributed by atoms with van der Waals surface area (Å²) in [7, 11) is -8.38. The third kappa shape index (κ3) is 4.47. The minimum Gasteiger partial charge on any atom is -0.746 e.